The lowest BCUT2D eigenvalue weighted by atomic mass is 9.98. The number of rotatable bonds is 3. The third kappa shape index (κ3) is 3.37. The Morgan fingerprint density at radius 3 is 2.53 bits per heavy atom. The van der Waals surface area contributed by atoms with Gasteiger partial charge in [0.05, 0.1) is 0 Å². The van der Waals surface area contributed by atoms with Gasteiger partial charge >= 0.3 is 12.0 Å². The molecule has 2 fully saturated rings. The zero-order valence-corrected chi connectivity index (χ0v) is 11.4. The third-order valence-corrected chi connectivity index (χ3v) is 4.18. The van der Waals surface area contributed by atoms with Crippen LogP contribution in [0, 0.1) is 0 Å². The van der Waals surface area contributed by atoms with Crippen LogP contribution in [0.4, 0.5) is 4.79 Å². The Balaban J connectivity index is 1.87. The molecule has 0 bridgehead atoms. The molecule has 2 aliphatic rings. The average Bonchev–Trinajstić information content (AvgIpc) is 2.78. The number of likely N-dealkylation sites (N-methyl/N-ethyl adjacent to an activating group) is 1. The molecular weight excluding hydrogens is 246 g/mol. The molecule has 0 spiro atoms. The zero-order valence-electron chi connectivity index (χ0n) is 11.4. The lowest BCUT2D eigenvalue weighted by Gasteiger charge is -2.32. The molecule has 0 radical (unpaired) electrons. The standard InChI is InChI=1S/C13H23N3O3/c1-16-8-4-5-10(9-16)14-12(19)15-13(11(17)18)6-2-3-7-13/h10H,2-9H2,1H3,(H,17,18)(H2,14,15,19). The molecule has 2 rings (SSSR count). The van der Waals surface area contributed by atoms with Gasteiger partial charge in [-0.1, -0.05) is 12.8 Å². The molecule has 6 heteroatoms. The summed E-state index contributed by atoms with van der Waals surface area (Å²) in [5.74, 6) is -0.916. The van der Waals surface area contributed by atoms with E-state index in [0.717, 1.165) is 38.8 Å². The van der Waals surface area contributed by atoms with E-state index >= 15 is 0 Å². The van der Waals surface area contributed by atoms with E-state index in [1.54, 1.807) is 0 Å². The molecule has 3 N–H and O–H groups in total. The number of carbonyl (C=O) groups excluding carboxylic acids is 1. The van der Waals surface area contributed by atoms with Crippen molar-refractivity contribution in [3.63, 3.8) is 0 Å². The van der Waals surface area contributed by atoms with Gasteiger partial charge in [0.2, 0.25) is 0 Å². The summed E-state index contributed by atoms with van der Waals surface area (Å²) in [5.41, 5.74) is -1.05. The summed E-state index contributed by atoms with van der Waals surface area (Å²) in [4.78, 5) is 25.5. The number of hydrogen-bond acceptors (Lipinski definition) is 3. The largest absolute Gasteiger partial charge is 0.480 e. The van der Waals surface area contributed by atoms with Gasteiger partial charge in [-0.05, 0) is 39.3 Å². The first kappa shape index (κ1) is 14.1. The second-order valence-corrected chi connectivity index (χ2v) is 5.79. The average molecular weight is 269 g/mol. The second-order valence-electron chi connectivity index (χ2n) is 5.79. The highest BCUT2D eigenvalue weighted by atomic mass is 16.4. The molecule has 1 saturated heterocycles. The zero-order chi connectivity index (χ0) is 13.9. The van der Waals surface area contributed by atoms with Crippen molar-refractivity contribution in [2.24, 2.45) is 0 Å². The van der Waals surface area contributed by atoms with Crippen molar-refractivity contribution in [1.29, 1.82) is 0 Å². The third-order valence-electron chi connectivity index (χ3n) is 4.18. The fraction of sp³-hybridized carbons (Fsp3) is 0.846. The van der Waals surface area contributed by atoms with Gasteiger partial charge in [0.25, 0.3) is 0 Å². The van der Waals surface area contributed by atoms with Crippen molar-refractivity contribution in [3.05, 3.63) is 0 Å². The molecule has 1 saturated carbocycles. The van der Waals surface area contributed by atoms with E-state index in [2.05, 4.69) is 15.5 Å². The number of likely N-dealkylation sites (tertiary alicyclic amines) is 1. The van der Waals surface area contributed by atoms with Crippen LogP contribution in [0.15, 0.2) is 0 Å². The monoisotopic (exact) mass is 269 g/mol. The van der Waals surface area contributed by atoms with Gasteiger partial charge in [-0.2, -0.15) is 0 Å². The van der Waals surface area contributed by atoms with Crippen molar-refractivity contribution in [3.8, 4) is 0 Å². The van der Waals surface area contributed by atoms with Crippen LogP contribution >= 0.6 is 0 Å². The topological polar surface area (TPSA) is 81.7 Å². The predicted molar refractivity (Wildman–Crippen MR) is 71.0 cm³/mol. The van der Waals surface area contributed by atoms with Crippen molar-refractivity contribution in [1.82, 2.24) is 15.5 Å². The minimum absolute atomic E-state index is 0.117. The highest BCUT2D eigenvalue weighted by Crippen LogP contribution is 2.29. The molecule has 6 nitrogen and oxygen atoms in total. The first-order valence-electron chi connectivity index (χ1n) is 7.02. The summed E-state index contributed by atoms with van der Waals surface area (Å²) in [5, 5.41) is 14.9. The molecule has 2 amide bonds. The molecule has 1 aliphatic carbocycles. The van der Waals surface area contributed by atoms with Crippen LogP contribution < -0.4 is 10.6 Å². The van der Waals surface area contributed by atoms with Crippen molar-refractivity contribution < 1.29 is 14.7 Å². The van der Waals surface area contributed by atoms with Crippen LogP contribution in [0.2, 0.25) is 0 Å². The second kappa shape index (κ2) is 5.77. The molecule has 108 valence electrons. The fourth-order valence-electron chi connectivity index (χ4n) is 3.09. The molecule has 1 atom stereocenters. The number of carboxylic acids is 1. The first-order chi connectivity index (χ1) is 9.02. The number of amides is 2. The number of carboxylic acid groups (broad SMARTS) is 1. The van der Waals surface area contributed by atoms with E-state index in [1.807, 2.05) is 7.05 Å². The normalized spacial score (nSPS) is 26.9. The molecule has 1 unspecified atom stereocenters. The van der Waals surface area contributed by atoms with Crippen molar-refractivity contribution in [2.45, 2.75) is 50.1 Å². The molecule has 0 aromatic heterocycles. The van der Waals surface area contributed by atoms with Crippen molar-refractivity contribution in [2.75, 3.05) is 20.1 Å². The maximum atomic E-state index is 12.0. The molecule has 1 heterocycles. The number of hydrogen-bond donors (Lipinski definition) is 3. The van der Waals surface area contributed by atoms with Gasteiger partial charge in [0, 0.05) is 12.6 Å². The number of urea groups is 1. The van der Waals surface area contributed by atoms with E-state index in [9.17, 15) is 14.7 Å². The molecule has 0 aromatic carbocycles. The Morgan fingerprint density at radius 1 is 1.26 bits per heavy atom. The number of carbonyl (C=O) groups is 2. The van der Waals surface area contributed by atoms with Gasteiger partial charge < -0.3 is 20.6 Å². The minimum Gasteiger partial charge on any atom is -0.480 e. The molecule has 1 aliphatic heterocycles. The molecular formula is C13H23N3O3. The summed E-state index contributed by atoms with van der Waals surface area (Å²) in [7, 11) is 2.03. The van der Waals surface area contributed by atoms with Gasteiger partial charge in [0.1, 0.15) is 5.54 Å². The summed E-state index contributed by atoms with van der Waals surface area (Å²) in [6.45, 7) is 1.88. The quantitative estimate of drug-likeness (QED) is 0.707. The summed E-state index contributed by atoms with van der Waals surface area (Å²) in [6, 6.07) is -0.226. The smallest absolute Gasteiger partial charge is 0.329 e. The van der Waals surface area contributed by atoms with Crippen LogP contribution in [-0.4, -0.2) is 53.7 Å². The Bertz CT molecular complexity index is 353. The number of aliphatic carboxylic acids is 1. The van der Waals surface area contributed by atoms with E-state index in [1.165, 1.54) is 0 Å². The predicted octanol–water partition coefficient (Wildman–Crippen LogP) is 0.777. The van der Waals surface area contributed by atoms with E-state index in [4.69, 9.17) is 0 Å². The number of piperidine rings is 1. The van der Waals surface area contributed by atoms with Gasteiger partial charge in [0.15, 0.2) is 0 Å². The van der Waals surface area contributed by atoms with Crippen LogP contribution in [0.5, 0.6) is 0 Å². The Hall–Kier alpha value is -1.30. The van der Waals surface area contributed by atoms with Crippen LogP contribution in [0.25, 0.3) is 0 Å². The summed E-state index contributed by atoms with van der Waals surface area (Å²) in [6.07, 6.45) is 4.79. The van der Waals surface area contributed by atoms with E-state index < -0.39 is 11.5 Å². The highest BCUT2D eigenvalue weighted by Gasteiger charge is 2.42. The maximum absolute atomic E-state index is 12.0. The minimum atomic E-state index is -1.05. The number of nitrogens with one attached hydrogen (secondary N) is 2. The van der Waals surface area contributed by atoms with E-state index in [0.29, 0.717) is 12.8 Å². The van der Waals surface area contributed by atoms with Crippen LogP contribution in [0.3, 0.4) is 0 Å². The Labute approximate surface area is 113 Å². The van der Waals surface area contributed by atoms with Gasteiger partial charge in [-0.15, -0.1) is 0 Å². The van der Waals surface area contributed by atoms with Gasteiger partial charge in [-0.25, -0.2) is 9.59 Å². The Morgan fingerprint density at radius 2 is 1.95 bits per heavy atom. The lowest BCUT2D eigenvalue weighted by Crippen LogP contribution is -2.58. The van der Waals surface area contributed by atoms with Crippen molar-refractivity contribution >= 4 is 12.0 Å². The van der Waals surface area contributed by atoms with Crippen LogP contribution in [0.1, 0.15) is 38.5 Å². The lowest BCUT2D eigenvalue weighted by molar-refractivity contribution is -0.144. The Kier molecular flexibility index (Phi) is 4.29. The van der Waals surface area contributed by atoms with Crippen LogP contribution in [-0.2, 0) is 4.79 Å². The van der Waals surface area contributed by atoms with E-state index in [-0.39, 0.29) is 12.1 Å². The summed E-state index contributed by atoms with van der Waals surface area (Å²) < 4.78 is 0. The number of nitrogens with zero attached hydrogens (tertiary/aromatic N) is 1. The summed E-state index contributed by atoms with van der Waals surface area (Å²) >= 11 is 0. The molecule has 0 aromatic rings. The molecule has 19 heavy (non-hydrogen) atoms. The fourth-order valence-corrected chi connectivity index (χ4v) is 3.09. The SMILES string of the molecule is CN1CCCC(NC(=O)NC2(C(=O)O)CCCC2)C1. The maximum Gasteiger partial charge on any atom is 0.329 e. The highest BCUT2D eigenvalue weighted by molar-refractivity contribution is 5.86. The first-order valence-corrected chi connectivity index (χ1v) is 7.02. The van der Waals surface area contributed by atoms with Gasteiger partial charge in [-0.3, -0.25) is 0 Å².